The third-order valence-corrected chi connectivity index (χ3v) is 3.98. The van der Waals surface area contributed by atoms with E-state index in [0.29, 0.717) is 24.3 Å². The predicted molar refractivity (Wildman–Crippen MR) is 84.5 cm³/mol. The van der Waals surface area contributed by atoms with Gasteiger partial charge in [-0.15, -0.1) is 0 Å². The van der Waals surface area contributed by atoms with Crippen LogP contribution in [0.5, 0.6) is 0 Å². The highest BCUT2D eigenvalue weighted by Crippen LogP contribution is 2.29. The fourth-order valence-electron chi connectivity index (χ4n) is 2.12. The Hall–Kier alpha value is -1.93. The van der Waals surface area contributed by atoms with Crippen molar-refractivity contribution in [2.24, 2.45) is 0 Å². The first-order valence-corrected chi connectivity index (χ1v) is 7.41. The van der Waals surface area contributed by atoms with Crippen LogP contribution in [-0.2, 0) is 6.54 Å². The third-order valence-electron chi connectivity index (χ3n) is 3.20. The molecule has 0 fully saturated rings. The Labute approximate surface area is 132 Å². The first-order valence-electron chi connectivity index (χ1n) is 6.62. The minimum atomic E-state index is -0.413. The van der Waals surface area contributed by atoms with Crippen molar-refractivity contribution in [2.45, 2.75) is 20.4 Å². The van der Waals surface area contributed by atoms with E-state index >= 15 is 0 Å². The molecule has 2 aromatic rings. The Morgan fingerprint density at radius 1 is 1.33 bits per heavy atom. The topological polar surface area (TPSA) is 39.9 Å². The Balaban J connectivity index is 2.34. The molecule has 0 bridgehead atoms. The lowest BCUT2D eigenvalue weighted by molar-refractivity contribution is 0.610. The number of nitrogens with zero attached hydrogens (tertiary/aromatic N) is 3. The van der Waals surface area contributed by atoms with Gasteiger partial charge in [0, 0.05) is 12.2 Å². The fourth-order valence-corrected chi connectivity index (χ4v) is 2.54. The van der Waals surface area contributed by atoms with Crippen molar-refractivity contribution in [3.8, 4) is 6.07 Å². The highest BCUT2D eigenvalue weighted by atomic mass is 79.9. The number of aryl methyl sites for hydroxylation is 1. The molecule has 0 unspecified atom stereocenters. The molecule has 21 heavy (non-hydrogen) atoms. The van der Waals surface area contributed by atoms with Gasteiger partial charge in [0.05, 0.1) is 28.0 Å². The zero-order valence-corrected chi connectivity index (χ0v) is 13.5. The van der Waals surface area contributed by atoms with E-state index in [4.69, 9.17) is 5.26 Å². The molecule has 1 aromatic carbocycles. The van der Waals surface area contributed by atoms with Gasteiger partial charge in [0.25, 0.3) is 0 Å². The second-order valence-electron chi connectivity index (χ2n) is 4.66. The molecule has 1 aromatic heterocycles. The van der Waals surface area contributed by atoms with Gasteiger partial charge in [-0.25, -0.2) is 4.39 Å². The Morgan fingerprint density at radius 2 is 2.10 bits per heavy atom. The van der Waals surface area contributed by atoms with E-state index in [1.807, 2.05) is 43.0 Å². The van der Waals surface area contributed by atoms with Crippen molar-refractivity contribution in [3.05, 3.63) is 57.6 Å². The smallest absolute Gasteiger partial charge is 0.161 e. The zero-order valence-electron chi connectivity index (χ0n) is 11.9. The van der Waals surface area contributed by atoms with Gasteiger partial charge in [0.1, 0.15) is 6.07 Å². The van der Waals surface area contributed by atoms with Gasteiger partial charge in [0.15, 0.2) is 5.82 Å². The van der Waals surface area contributed by atoms with Crippen LogP contribution in [0.15, 0.2) is 34.8 Å². The van der Waals surface area contributed by atoms with Crippen LogP contribution in [0.3, 0.4) is 0 Å². The third kappa shape index (κ3) is 3.40. The highest BCUT2D eigenvalue weighted by Gasteiger charge is 2.16. The first-order chi connectivity index (χ1) is 10.1. The van der Waals surface area contributed by atoms with E-state index < -0.39 is 5.82 Å². The summed E-state index contributed by atoms with van der Waals surface area (Å²) >= 11 is 3.15. The number of pyridine rings is 1. The SMILES string of the molecule is CCN(Cc1cccc(C)n1)c1ccc(C#N)c(Br)c1F. The van der Waals surface area contributed by atoms with Gasteiger partial charge in [-0.3, -0.25) is 4.98 Å². The van der Waals surface area contributed by atoms with Gasteiger partial charge in [-0.2, -0.15) is 5.26 Å². The number of rotatable bonds is 4. The van der Waals surface area contributed by atoms with Crippen molar-refractivity contribution in [1.82, 2.24) is 4.98 Å². The van der Waals surface area contributed by atoms with E-state index in [1.54, 1.807) is 12.1 Å². The minimum Gasteiger partial charge on any atom is -0.364 e. The normalized spacial score (nSPS) is 10.2. The van der Waals surface area contributed by atoms with Crippen LogP contribution in [-0.4, -0.2) is 11.5 Å². The van der Waals surface area contributed by atoms with Crippen LogP contribution in [0.25, 0.3) is 0 Å². The van der Waals surface area contributed by atoms with Crippen LogP contribution in [0.1, 0.15) is 23.9 Å². The summed E-state index contributed by atoms with van der Waals surface area (Å²) in [6, 6.07) is 11.0. The zero-order chi connectivity index (χ0) is 15.4. The van der Waals surface area contributed by atoms with Gasteiger partial charge in [0.2, 0.25) is 0 Å². The van der Waals surface area contributed by atoms with E-state index in [2.05, 4.69) is 20.9 Å². The van der Waals surface area contributed by atoms with Gasteiger partial charge in [-0.05, 0) is 54.0 Å². The Morgan fingerprint density at radius 3 is 2.71 bits per heavy atom. The van der Waals surface area contributed by atoms with Gasteiger partial charge < -0.3 is 4.90 Å². The Kier molecular flexibility index (Phi) is 4.92. The number of halogens is 2. The molecular weight excluding hydrogens is 333 g/mol. The maximum Gasteiger partial charge on any atom is 0.161 e. The molecular formula is C16H15BrFN3. The minimum absolute atomic E-state index is 0.207. The van der Waals surface area contributed by atoms with Crippen LogP contribution >= 0.6 is 15.9 Å². The van der Waals surface area contributed by atoms with E-state index in [1.165, 1.54) is 0 Å². The number of anilines is 1. The Bertz CT molecular complexity index is 694. The summed E-state index contributed by atoms with van der Waals surface area (Å²) in [5.74, 6) is -0.413. The molecule has 0 aliphatic rings. The van der Waals surface area contributed by atoms with Crippen molar-refractivity contribution >= 4 is 21.6 Å². The second kappa shape index (κ2) is 6.68. The standard InChI is InChI=1S/C16H15BrFN3/c1-3-21(10-13-6-4-5-11(2)20-13)14-8-7-12(9-19)15(17)16(14)18/h4-8H,3,10H2,1-2H3. The van der Waals surface area contributed by atoms with Crippen LogP contribution < -0.4 is 4.90 Å². The van der Waals surface area contributed by atoms with Crippen molar-refractivity contribution in [1.29, 1.82) is 5.26 Å². The van der Waals surface area contributed by atoms with Crippen LogP contribution in [0.4, 0.5) is 10.1 Å². The summed E-state index contributed by atoms with van der Waals surface area (Å²) in [4.78, 5) is 6.34. The molecule has 0 radical (unpaired) electrons. The summed E-state index contributed by atoms with van der Waals surface area (Å²) < 4.78 is 14.6. The number of nitriles is 1. The first kappa shape index (κ1) is 15.5. The van der Waals surface area contributed by atoms with Crippen molar-refractivity contribution in [3.63, 3.8) is 0 Å². The fraction of sp³-hybridized carbons (Fsp3) is 0.250. The molecule has 0 amide bonds. The maximum atomic E-state index is 14.4. The van der Waals surface area contributed by atoms with E-state index in [0.717, 1.165) is 11.4 Å². The largest absolute Gasteiger partial charge is 0.364 e. The molecule has 0 aliphatic carbocycles. The van der Waals surface area contributed by atoms with Crippen molar-refractivity contribution in [2.75, 3.05) is 11.4 Å². The number of aromatic nitrogens is 1. The quantitative estimate of drug-likeness (QED) is 0.832. The maximum absolute atomic E-state index is 14.4. The molecule has 108 valence electrons. The summed E-state index contributed by atoms with van der Waals surface area (Å²) in [6.07, 6.45) is 0. The summed E-state index contributed by atoms with van der Waals surface area (Å²) in [6.45, 7) is 5.05. The van der Waals surface area contributed by atoms with Gasteiger partial charge >= 0.3 is 0 Å². The second-order valence-corrected chi connectivity index (χ2v) is 5.45. The lowest BCUT2D eigenvalue weighted by atomic mass is 10.2. The molecule has 0 saturated carbocycles. The molecule has 0 N–H and O–H groups in total. The monoisotopic (exact) mass is 347 g/mol. The highest BCUT2D eigenvalue weighted by molar-refractivity contribution is 9.10. The summed E-state index contributed by atoms with van der Waals surface area (Å²) in [5.41, 5.74) is 2.58. The molecule has 1 heterocycles. The summed E-state index contributed by atoms with van der Waals surface area (Å²) in [5, 5.41) is 8.93. The lowest BCUT2D eigenvalue weighted by Gasteiger charge is -2.24. The predicted octanol–water partition coefficient (Wildman–Crippen LogP) is 4.19. The molecule has 0 spiro atoms. The van der Waals surface area contributed by atoms with Crippen LogP contribution in [0, 0.1) is 24.1 Å². The average Bonchev–Trinajstić information content (AvgIpc) is 2.48. The number of hydrogen-bond acceptors (Lipinski definition) is 3. The molecule has 0 atom stereocenters. The van der Waals surface area contributed by atoms with Crippen LogP contribution in [0.2, 0.25) is 0 Å². The summed E-state index contributed by atoms with van der Waals surface area (Å²) in [7, 11) is 0. The van der Waals surface area contributed by atoms with E-state index in [-0.39, 0.29) is 4.47 Å². The molecule has 3 nitrogen and oxygen atoms in total. The van der Waals surface area contributed by atoms with Crippen molar-refractivity contribution < 1.29 is 4.39 Å². The van der Waals surface area contributed by atoms with Gasteiger partial charge in [-0.1, -0.05) is 6.07 Å². The average molecular weight is 348 g/mol. The molecule has 5 heteroatoms. The molecule has 2 rings (SSSR count). The molecule has 0 saturated heterocycles. The van der Waals surface area contributed by atoms with E-state index in [9.17, 15) is 4.39 Å². The lowest BCUT2D eigenvalue weighted by Crippen LogP contribution is -2.24. The number of benzene rings is 1. The number of hydrogen-bond donors (Lipinski definition) is 0. The molecule has 0 aliphatic heterocycles.